The van der Waals surface area contributed by atoms with Gasteiger partial charge in [-0.2, -0.15) is 13.2 Å². The highest BCUT2D eigenvalue weighted by molar-refractivity contribution is 6.04. The molecule has 0 unspecified atom stereocenters. The fourth-order valence-corrected chi connectivity index (χ4v) is 3.33. The summed E-state index contributed by atoms with van der Waals surface area (Å²) in [5, 5.41) is 1.95. The molecule has 0 atom stereocenters. The third-order valence-corrected chi connectivity index (χ3v) is 4.94. The molecule has 0 aliphatic carbocycles. The average Bonchev–Trinajstić information content (AvgIpc) is 3.21. The van der Waals surface area contributed by atoms with Gasteiger partial charge in [0.25, 0.3) is 5.91 Å². The van der Waals surface area contributed by atoms with Gasteiger partial charge in [0.2, 0.25) is 11.6 Å². The predicted octanol–water partition coefficient (Wildman–Crippen LogP) is 6.00. The van der Waals surface area contributed by atoms with E-state index in [1.165, 1.54) is 25.3 Å². The van der Waals surface area contributed by atoms with Gasteiger partial charge in [-0.25, -0.2) is 26.9 Å². The molecule has 0 aliphatic heterocycles. The number of methoxy groups -OCH3 is 1. The lowest BCUT2D eigenvalue weighted by atomic mass is 10.1. The normalized spacial score (nSPS) is 11.7. The number of nitrogens with zero attached hydrogens (tertiary/aromatic N) is 2. The Kier molecular flexibility index (Phi) is 5.87. The summed E-state index contributed by atoms with van der Waals surface area (Å²) in [5.74, 6) is -14.3. The van der Waals surface area contributed by atoms with Gasteiger partial charge in [0, 0.05) is 17.4 Å². The number of carbonyl (C=O) groups excluding carboxylic acids is 1. The Morgan fingerprint density at radius 1 is 0.886 bits per heavy atom. The largest absolute Gasteiger partial charge is 0.497 e. The van der Waals surface area contributed by atoms with E-state index in [1.54, 1.807) is 0 Å². The molecule has 3 aromatic carbocycles. The van der Waals surface area contributed by atoms with Crippen molar-refractivity contribution in [1.29, 1.82) is 0 Å². The lowest BCUT2D eigenvalue weighted by Gasteiger charge is -2.13. The standard InChI is InChI=1S/C22H11F8N3O2/c1-35-11-6-7-13-12(8-11)32-21(22(28,29)30)33(13)10-4-2-9(3-5-10)31-20(34)14-15(23)17(25)19(27)18(26)16(14)24/h2-8H,1H3,(H,31,34). The number of halogens is 8. The molecule has 0 saturated heterocycles. The fourth-order valence-electron chi connectivity index (χ4n) is 3.33. The Bertz CT molecular complexity index is 1430. The van der Waals surface area contributed by atoms with E-state index in [9.17, 15) is 39.9 Å². The minimum absolute atomic E-state index is 0.0135. The number of benzene rings is 3. The van der Waals surface area contributed by atoms with E-state index in [0.29, 0.717) is 0 Å². The summed E-state index contributed by atoms with van der Waals surface area (Å²) < 4.78 is 114. The van der Waals surface area contributed by atoms with E-state index < -0.39 is 52.6 Å². The van der Waals surface area contributed by atoms with E-state index in [-0.39, 0.29) is 28.2 Å². The lowest BCUT2D eigenvalue weighted by Crippen LogP contribution is -2.19. The van der Waals surface area contributed by atoms with Gasteiger partial charge in [0.15, 0.2) is 23.3 Å². The first kappa shape index (κ1) is 24.0. The maximum Gasteiger partial charge on any atom is 0.450 e. The van der Waals surface area contributed by atoms with Gasteiger partial charge in [-0.3, -0.25) is 9.36 Å². The number of carbonyl (C=O) groups is 1. The Balaban J connectivity index is 1.71. The van der Waals surface area contributed by atoms with Crippen molar-refractivity contribution >= 4 is 22.6 Å². The summed E-state index contributed by atoms with van der Waals surface area (Å²) in [6, 6.07) is 8.52. The topological polar surface area (TPSA) is 56.1 Å². The summed E-state index contributed by atoms with van der Waals surface area (Å²) in [6.07, 6.45) is -4.84. The predicted molar refractivity (Wildman–Crippen MR) is 107 cm³/mol. The van der Waals surface area contributed by atoms with Crippen molar-refractivity contribution in [2.75, 3.05) is 12.4 Å². The molecule has 0 fully saturated rings. The molecule has 1 amide bonds. The number of alkyl halides is 3. The smallest absolute Gasteiger partial charge is 0.450 e. The van der Waals surface area contributed by atoms with E-state index in [2.05, 4.69) is 4.98 Å². The van der Waals surface area contributed by atoms with Crippen molar-refractivity contribution in [3.63, 3.8) is 0 Å². The Morgan fingerprint density at radius 2 is 1.46 bits per heavy atom. The van der Waals surface area contributed by atoms with Gasteiger partial charge in [0.05, 0.1) is 18.1 Å². The third-order valence-electron chi connectivity index (χ3n) is 4.94. The zero-order valence-electron chi connectivity index (χ0n) is 17.3. The van der Waals surface area contributed by atoms with Crippen molar-refractivity contribution in [2.24, 2.45) is 0 Å². The number of aromatic nitrogens is 2. The molecule has 5 nitrogen and oxygen atoms in total. The second kappa shape index (κ2) is 8.56. The third kappa shape index (κ3) is 4.13. The molecule has 0 saturated carbocycles. The van der Waals surface area contributed by atoms with Gasteiger partial charge in [-0.05, 0) is 36.4 Å². The molecule has 35 heavy (non-hydrogen) atoms. The van der Waals surface area contributed by atoms with Crippen LogP contribution in [0, 0.1) is 29.1 Å². The van der Waals surface area contributed by atoms with Crippen LogP contribution in [0.3, 0.4) is 0 Å². The molecule has 4 aromatic rings. The molecule has 182 valence electrons. The van der Waals surface area contributed by atoms with Crippen LogP contribution in [0.2, 0.25) is 0 Å². The number of amides is 1. The SMILES string of the molecule is COc1ccc2c(c1)nc(C(F)(F)F)n2-c1ccc(NC(=O)c2c(F)c(F)c(F)c(F)c2F)cc1. The fraction of sp³-hybridized carbons (Fsp3) is 0.0909. The Hall–Kier alpha value is -4.16. The van der Waals surface area contributed by atoms with Gasteiger partial charge in [-0.1, -0.05) is 0 Å². The van der Waals surface area contributed by atoms with Crippen LogP contribution >= 0.6 is 0 Å². The first-order valence-corrected chi connectivity index (χ1v) is 9.51. The van der Waals surface area contributed by atoms with Gasteiger partial charge in [0.1, 0.15) is 11.3 Å². The minimum Gasteiger partial charge on any atom is -0.497 e. The molecule has 1 heterocycles. The average molecular weight is 501 g/mol. The second-order valence-corrected chi connectivity index (χ2v) is 7.07. The highest BCUT2D eigenvalue weighted by Crippen LogP contribution is 2.35. The van der Waals surface area contributed by atoms with E-state index in [4.69, 9.17) is 4.74 Å². The number of nitrogens with one attached hydrogen (secondary N) is 1. The number of rotatable bonds is 4. The number of hydrogen-bond donors (Lipinski definition) is 1. The van der Waals surface area contributed by atoms with Crippen molar-refractivity contribution < 1.29 is 44.7 Å². The summed E-state index contributed by atoms with van der Waals surface area (Å²) in [7, 11) is 1.34. The van der Waals surface area contributed by atoms with Crippen LogP contribution in [0.25, 0.3) is 16.7 Å². The molecule has 0 spiro atoms. The minimum atomic E-state index is -4.84. The highest BCUT2D eigenvalue weighted by atomic mass is 19.4. The monoisotopic (exact) mass is 501 g/mol. The number of hydrogen-bond acceptors (Lipinski definition) is 3. The van der Waals surface area contributed by atoms with Crippen LogP contribution in [0.4, 0.5) is 40.8 Å². The van der Waals surface area contributed by atoms with Gasteiger partial charge >= 0.3 is 6.18 Å². The van der Waals surface area contributed by atoms with Crippen molar-refractivity contribution in [3.8, 4) is 11.4 Å². The number of ether oxygens (including phenoxy) is 1. The maximum absolute atomic E-state index is 13.9. The Morgan fingerprint density at radius 3 is 2.00 bits per heavy atom. The number of fused-ring (bicyclic) bond motifs is 1. The van der Waals surface area contributed by atoms with Crippen LogP contribution in [-0.2, 0) is 6.18 Å². The van der Waals surface area contributed by atoms with E-state index in [0.717, 1.165) is 28.8 Å². The van der Waals surface area contributed by atoms with Crippen molar-refractivity contribution in [1.82, 2.24) is 9.55 Å². The summed E-state index contributed by atoms with van der Waals surface area (Å²) >= 11 is 0. The quantitative estimate of drug-likeness (QED) is 0.212. The van der Waals surface area contributed by atoms with E-state index >= 15 is 0 Å². The van der Waals surface area contributed by atoms with Crippen LogP contribution < -0.4 is 10.1 Å². The molecular formula is C22H11F8N3O2. The first-order valence-electron chi connectivity index (χ1n) is 9.51. The molecule has 0 bridgehead atoms. The molecule has 0 radical (unpaired) electrons. The molecule has 0 aliphatic rings. The summed E-state index contributed by atoms with van der Waals surface area (Å²) in [5.41, 5.74) is -1.88. The van der Waals surface area contributed by atoms with Crippen LogP contribution in [-0.4, -0.2) is 22.6 Å². The van der Waals surface area contributed by atoms with Crippen molar-refractivity contribution in [2.45, 2.75) is 6.18 Å². The lowest BCUT2D eigenvalue weighted by molar-refractivity contribution is -0.145. The summed E-state index contributed by atoms with van der Waals surface area (Å²) in [4.78, 5) is 15.8. The molecule has 1 N–H and O–H groups in total. The van der Waals surface area contributed by atoms with Gasteiger partial charge in [-0.15, -0.1) is 0 Å². The highest BCUT2D eigenvalue weighted by Gasteiger charge is 2.38. The van der Waals surface area contributed by atoms with Crippen molar-refractivity contribution in [3.05, 3.63) is 82.9 Å². The second-order valence-electron chi connectivity index (χ2n) is 7.07. The molecule has 4 rings (SSSR count). The Labute approximate surface area is 190 Å². The maximum atomic E-state index is 13.9. The number of anilines is 1. The zero-order chi connectivity index (χ0) is 25.7. The van der Waals surface area contributed by atoms with Gasteiger partial charge < -0.3 is 10.1 Å². The van der Waals surface area contributed by atoms with E-state index in [1.807, 2.05) is 5.32 Å². The van der Waals surface area contributed by atoms with Crippen LogP contribution in [0.1, 0.15) is 16.2 Å². The molecule has 1 aromatic heterocycles. The molecule has 13 heteroatoms. The van der Waals surface area contributed by atoms with Crippen LogP contribution in [0.15, 0.2) is 42.5 Å². The zero-order valence-corrected chi connectivity index (χ0v) is 17.3. The first-order chi connectivity index (χ1) is 16.4. The molecular weight excluding hydrogens is 490 g/mol. The number of imidazole rings is 1. The summed E-state index contributed by atoms with van der Waals surface area (Å²) in [6.45, 7) is 0. The van der Waals surface area contributed by atoms with Crippen LogP contribution in [0.5, 0.6) is 5.75 Å².